The van der Waals surface area contributed by atoms with Crippen LogP contribution in [-0.2, 0) is 18.6 Å². The van der Waals surface area contributed by atoms with Gasteiger partial charge in [-0.05, 0) is 24.3 Å². The van der Waals surface area contributed by atoms with Crippen molar-refractivity contribution in [2.24, 2.45) is 5.73 Å². The average molecular weight is 545 g/mol. The largest absolute Gasteiger partial charge is 0.498 e. The topological polar surface area (TPSA) is 125 Å². The zero-order valence-corrected chi connectivity index (χ0v) is 20.6. The number of nitrogens with zero attached hydrogens (tertiary/aromatic N) is 1. The molecule has 2 aromatic carbocycles. The van der Waals surface area contributed by atoms with E-state index in [1.807, 2.05) is 12.1 Å². The van der Waals surface area contributed by atoms with E-state index in [2.05, 4.69) is 0 Å². The molecule has 0 aromatic heterocycles. The van der Waals surface area contributed by atoms with Gasteiger partial charge in [0.1, 0.15) is 30.8 Å². The van der Waals surface area contributed by atoms with Gasteiger partial charge in [0.25, 0.3) is 0 Å². The normalized spacial score (nSPS) is 21.2. The molecule has 0 spiro atoms. The summed E-state index contributed by atoms with van der Waals surface area (Å²) in [7, 11) is -1.01. The highest BCUT2D eigenvalue weighted by atomic mass is 35.5. The highest BCUT2D eigenvalue weighted by molar-refractivity contribution is 6.65. The Labute approximate surface area is 218 Å². The third kappa shape index (κ3) is 5.07. The zero-order chi connectivity index (χ0) is 23.8. The molecule has 2 N–H and O–H groups in total. The van der Waals surface area contributed by atoms with Crippen molar-refractivity contribution in [3.8, 4) is 11.5 Å². The number of benzene rings is 2. The maximum atomic E-state index is 10.7. The SMILES string of the molecule is Cl.NCC1OB2OCCOc3ccc(Cl)c1c32.O=[N+]([O-])CC1OB2OCCOc3ccc(Cl)c1c32. The summed E-state index contributed by atoms with van der Waals surface area (Å²) in [4.78, 5) is 10.2. The fourth-order valence-corrected chi connectivity index (χ4v) is 5.02. The van der Waals surface area contributed by atoms with Gasteiger partial charge < -0.3 is 33.8 Å². The molecule has 10 nitrogen and oxygen atoms in total. The van der Waals surface area contributed by atoms with Crippen molar-refractivity contribution < 1.29 is 33.0 Å². The minimum atomic E-state index is -0.686. The summed E-state index contributed by atoms with van der Waals surface area (Å²) >= 11 is 12.3. The van der Waals surface area contributed by atoms with Crippen LogP contribution in [0.4, 0.5) is 0 Å². The minimum Gasteiger partial charge on any atom is -0.492 e. The molecule has 2 aromatic rings. The lowest BCUT2D eigenvalue weighted by Gasteiger charge is -2.13. The number of nitro groups is 1. The van der Waals surface area contributed by atoms with Gasteiger partial charge in [-0.15, -0.1) is 12.4 Å². The second-order valence-corrected chi connectivity index (χ2v) is 8.66. The third-order valence-electron chi connectivity index (χ3n) is 5.83. The molecule has 4 aliphatic rings. The van der Waals surface area contributed by atoms with E-state index in [1.165, 1.54) is 0 Å². The quantitative estimate of drug-likeness (QED) is 0.349. The van der Waals surface area contributed by atoms with Crippen molar-refractivity contribution in [1.29, 1.82) is 0 Å². The van der Waals surface area contributed by atoms with E-state index in [9.17, 15) is 10.1 Å². The van der Waals surface area contributed by atoms with Crippen LogP contribution < -0.4 is 26.1 Å². The van der Waals surface area contributed by atoms with Crippen molar-refractivity contribution >= 4 is 60.8 Å². The molecular weight excluding hydrogens is 524 g/mol. The Morgan fingerprint density at radius 3 is 1.86 bits per heavy atom. The number of rotatable bonds is 3. The summed E-state index contributed by atoms with van der Waals surface area (Å²) in [6.45, 7) is 1.89. The molecule has 4 heterocycles. The van der Waals surface area contributed by atoms with Crippen LogP contribution in [0.25, 0.3) is 0 Å². The Bertz CT molecular complexity index is 1110. The summed E-state index contributed by atoms with van der Waals surface area (Å²) in [6.07, 6.45) is -0.886. The molecule has 0 aliphatic carbocycles. The van der Waals surface area contributed by atoms with Gasteiger partial charge in [0, 0.05) is 43.6 Å². The minimum absolute atomic E-state index is 0. The van der Waals surface area contributed by atoms with Gasteiger partial charge in [0.2, 0.25) is 6.54 Å². The Balaban J connectivity index is 0.000000161. The second-order valence-electron chi connectivity index (χ2n) is 7.85. The molecule has 6 rings (SSSR count). The first-order valence-electron chi connectivity index (χ1n) is 10.7. The summed E-state index contributed by atoms with van der Waals surface area (Å²) in [5.41, 5.74) is 8.77. The van der Waals surface area contributed by atoms with Gasteiger partial charge in [-0.1, -0.05) is 23.2 Å². The van der Waals surface area contributed by atoms with Gasteiger partial charge in [-0.25, -0.2) is 0 Å². The lowest BCUT2D eigenvalue weighted by Crippen LogP contribution is -2.31. The molecule has 0 saturated heterocycles. The molecule has 0 amide bonds. The molecule has 15 heteroatoms. The van der Waals surface area contributed by atoms with Gasteiger partial charge in [0.05, 0.1) is 19.3 Å². The molecule has 0 fully saturated rings. The first kappa shape index (κ1) is 26.3. The first-order chi connectivity index (χ1) is 16.5. The van der Waals surface area contributed by atoms with Crippen LogP contribution in [0, 0.1) is 10.1 Å². The summed E-state index contributed by atoms with van der Waals surface area (Å²) in [5, 5.41) is 11.8. The van der Waals surface area contributed by atoms with Crippen LogP contribution in [0.5, 0.6) is 11.5 Å². The lowest BCUT2D eigenvalue weighted by molar-refractivity contribution is -0.490. The fraction of sp³-hybridized carbons (Fsp3) is 0.400. The van der Waals surface area contributed by atoms with Gasteiger partial charge in [-0.2, -0.15) is 0 Å². The van der Waals surface area contributed by atoms with Crippen molar-refractivity contribution in [3.63, 3.8) is 0 Å². The highest BCUT2D eigenvalue weighted by Crippen LogP contribution is 2.36. The average Bonchev–Trinajstić information content (AvgIpc) is 3.20. The molecule has 2 atom stereocenters. The Kier molecular flexibility index (Phi) is 8.34. The van der Waals surface area contributed by atoms with Crippen molar-refractivity contribution in [2.45, 2.75) is 12.2 Å². The maximum Gasteiger partial charge on any atom is 0.498 e. The predicted molar refractivity (Wildman–Crippen MR) is 132 cm³/mol. The van der Waals surface area contributed by atoms with E-state index in [-0.39, 0.29) is 32.2 Å². The molecule has 0 radical (unpaired) electrons. The van der Waals surface area contributed by atoms with Crippen LogP contribution in [-0.4, -0.2) is 58.7 Å². The molecule has 0 bridgehead atoms. The van der Waals surface area contributed by atoms with Crippen molar-refractivity contribution in [3.05, 3.63) is 55.6 Å². The van der Waals surface area contributed by atoms with Gasteiger partial charge >= 0.3 is 14.2 Å². The summed E-state index contributed by atoms with van der Waals surface area (Å²) in [6, 6.07) is 7.07. The number of ether oxygens (including phenoxy) is 2. The van der Waals surface area contributed by atoms with Gasteiger partial charge in [0.15, 0.2) is 0 Å². The van der Waals surface area contributed by atoms with Crippen LogP contribution in [0.2, 0.25) is 10.0 Å². The number of halogens is 3. The van der Waals surface area contributed by atoms with E-state index in [0.29, 0.717) is 59.8 Å². The summed E-state index contributed by atoms with van der Waals surface area (Å²) in [5.74, 6) is 1.42. The lowest BCUT2D eigenvalue weighted by atomic mass is 9.78. The van der Waals surface area contributed by atoms with Crippen LogP contribution >= 0.6 is 35.6 Å². The van der Waals surface area contributed by atoms with Crippen LogP contribution in [0.15, 0.2) is 24.3 Å². The van der Waals surface area contributed by atoms with E-state index in [0.717, 1.165) is 16.8 Å². The number of hydrogen-bond acceptors (Lipinski definition) is 9. The molecule has 2 unspecified atom stereocenters. The molecule has 0 saturated carbocycles. The van der Waals surface area contributed by atoms with E-state index >= 15 is 0 Å². The Morgan fingerprint density at radius 1 is 0.886 bits per heavy atom. The summed E-state index contributed by atoms with van der Waals surface area (Å²) < 4.78 is 33.4. The zero-order valence-electron chi connectivity index (χ0n) is 18.3. The maximum absolute atomic E-state index is 10.7. The van der Waals surface area contributed by atoms with E-state index in [4.69, 9.17) is 57.0 Å². The molecular formula is C20H21B2Cl3N2O8. The van der Waals surface area contributed by atoms with Crippen molar-refractivity contribution in [1.82, 2.24) is 0 Å². The van der Waals surface area contributed by atoms with Gasteiger partial charge in [-0.3, -0.25) is 10.1 Å². The highest BCUT2D eigenvalue weighted by Gasteiger charge is 2.45. The Morgan fingerprint density at radius 2 is 1.37 bits per heavy atom. The molecule has 4 aliphatic heterocycles. The predicted octanol–water partition coefficient (Wildman–Crippen LogP) is 1.69. The monoisotopic (exact) mass is 544 g/mol. The third-order valence-corrected chi connectivity index (χ3v) is 6.49. The second kappa shape index (κ2) is 11.1. The van der Waals surface area contributed by atoms with E-state index < -0.39 is 18.1 Å². The molecule has 35 heavy (non-hydrogen) atoms. The standard InChI is InChI=1S/C10H9BClNO5.C10H11BClNO3.ClH/c12-6-1-2-7-10-9(6)8(5-13(14)15)18-11(10)17-4-3-16-7;12-6-1-2-7-10-9(6)8(5-13)16-11(10)15-4-3-14-7;/h1-2,8H,3-5H2;1-2,8H,3-5,13H2;1H. The first-order valence-corrected chi connectivity index (χ1v) is 11.5. The number of nitrogens with two attached hydrogens (primary N) is 1. The Hall–Kier alpha value is -1.76. The molecule has 186 valence electrons. The van der Waals surface area contributed by atoms with Crippen molar-refractivity contribution in [2.75, 3.05) is 39.5 Å². The fourth-order valence-electron chi connectivity index (χ4n) is 4.44. The van der Waals surface area contributed by atoms with Crippen LogP contribution in [0.3, 0.4) is 0 Å². The van der Waals surface area contributed by atoms with E-state index in [1.54, 1.807) is 12.1 Å². The van der Waals surface area contributed by atoms with Crippen LogP contribution in [0.1, 0.15) is 23.3 Å². The smallest absolute Gasteiger partial charge is 0.492 e. The number of hydrogen-bond donors (Lipinski definition) is 1.